The van der Waals surface area contributed by atoms with Crippen LogP contribution in [0.5, 0.6) is 0 Å². The fourth-order valence-electron chi connectivity index (χ4n) is 1.68. The average Bonchev–Trinajstić information content (AvgIpc) is 2.39. The summed E-state index contributed by atoms with van der Waals surface area (Å²) in [6.07, 6.45) is 0. The zero-order valence-electron chi connectivity index (χ0n) is 11.1. The minimum Gasteiger partial charge on any atom is -0.478 e. The first-order chi connectivity index (χ1) is 9.00. The molecular weight excluding hydrogens is 308 g/mol. The van der Waals surface area contributed by atoms with Crippen LogP contribution >= 0.6 is 23.2 Å². The molecule has 2 aromatic carbocycles. The molecule has 3 nitrogen and oxygen atoms in total. The molecule has 101 valence electrons. The monoisotopic (exact) mass is 320 g/mol. The summed E-state index contributed by atoms with van der Waals surface area (Å²) in [6.45, 7) is 1.85. The van der Waals surface area contributed by atoms with E-state index >= 15 is 0 Å². The fourth-order valence-corrected chi connectivity index (χ4v) is 2.15. The molecule has 0 atom stereocenters. The SMILES string of the molecule is Cc1ccc(Cl)c(Nc2ccccc2C(=O)O)c1Cl.[HH].[Na]. The molecule has 0 aliphatic heterocycles. The number of carboxylic acids is 1. The normalized spacial score (nSPS) is 9.75. The average molecular weight is 321 g/mol. The van der Waals surface area contributed by atoms with Gasteiger partial charge in [-0.1, -0.05) is 41.4 Å². The Hall–Kier alpha value is -0.710. The van der Waals surface area contributed by atoms with Gasteiger partial charge < -0.3 is 10.4 Å². The van der Waals surface area contributed by atoms with Crippen LogP contribution in [0.3, 0.4) is 0 Å². The van der Waals surface area contributed by atoms with Crippen LogP contribution < -0.4 is 5.32 Å². The number of aromatic carboxylic acids is 1. The van der Waals surface area contributed by atoms with E-state index in [2.05, 4.69) is 5.32 Å². The summed E-state index contributed by atoms with van der Waals surface area (Å²) < 4.78 is 0. The van der Waals surface area contributed by atoms with Crippen molar-refractivity contribution in [3.8, 4) is 0 Å². The Balaban J connectivity index is 0.00000200. The summed E-state index contributed by atoms with van der Waals surface area (Å²) in [7, 11) is 0. The van der Waals surface area contributed by atoms with Gasteiger partial charge >= 0.3 is 5.97 Å². The van der Waals surface area contributed by atoms with E-state index in [1.807, 2.05) is 6.92 Å². The molecule has 6 heteroatoms. The van der Waals surface area contributed by atoms with Crippen molar-refractivity contribution in [1.29, 1.82) is 0 Å². The molecule has 2 aromatic rings. The van der Waals surface area contributed by atoms with Crippen LogP contribution in [0, 0.1) is 6.92 Å². The molecule has 0 heterocycles. The molecule has 0 saturated carbocycles. The standard InChI is InChI=1S/C14H11Cl2NO2.Na.H2/c1-8-6-7-10(15)13(12(8)16)17-11-5-3-2-4-9(11)14(18)19;;/h2-7,17H,1H3,(H,18,19);;1H. The van der Waals surface area contributed by atoms with Crippen molar-refractivity contribution in [2.45, 2.75) is 6.92 Å². The second-order valence-electron chi connectivity index (χ2n) is 4.03. The number of carbonyl (C=O) groups is 1. The molecule has 2 rings (SSSR count). The molecule has 0 spiro atoms. The van der Waals surface area contributed by atoms with Gasteiger partial charge in [0, 0.05) is 31.0 Å². The quantitative estimate of drug-likeness (QED) is 0.812. The Kier molecular flexibility index (Phi) is 6.37. The molecule has 0 unspecified atom stereocenters. The Morgan fingerprint density at radius 1 is 1.20 bits per heavy atom. The van der Waals surface area contributed by atoms with Crippen molar-refractivity contribution in [3.05, 3.63) is 57.6 Å². The van der Waals surface area contributed by atoms with Gasteiger partial charge in [0.25, 0.3) is 0 Å². The van der Waals surface area contributed by atoms with E-state index in [4.69, 9.17) is 28.3 Å². The molecule has 2 N–H and O–H groups in total. The van der Waals surface area contributed by atoms with Gasteiger partial charge in [-0.25, -0.2) is 4.79 Å². The number of rotatable bonds is 3. The maximum atomic E-state index is 11.1. The largest absolute Gasteiger partial charge is 0.478 e. The van der Waals surface area contributed by atoms with E-state index in [9.17, 15) is 4.79 Å². The van der Waals surface area contributed by atoms with Crippen molar-refractivity contribution >= 4 is 70.1 Å². The number of aryl methyl sites for hydroxylation is 1. The van der Waals surface area contributed by atoms with Crippen LogP contribution in [0.4, 0.5) is 11.4 Å². The summed E-state index contributed by atoms with van der Waals surface area (Å²) >= 11 is 12.3. The van der Waals surface area contributed by atoms with Crippen molar-refractivity contribution < 1.29 is 11.3 Å². The number of hydrogen-bond acceptors (Lipinski definition) is 2. The molecule has 0 aliphatic carbocycles. The molecule has 0 aromatic heterocycles. The Labute approximate surface area is 150 Å². The van der Waals surface area contributed by atoms with Crippen molar-refractivity contribution in [2.75, 3.05) is 5.32 Å². The van der Waals surface area contributed by atoms with E-state index < -0.39 is 5.97 Å². The topological polar surface area (TPSA) is 49.3 Å². The van der Waals surface area contributed by atoms with Gasteiger partial charge in [0.15, 0.2) is 0 Å². The first kappa shape index (κ1) is 17.3. The molecule has 0 saturated heterocycles. The summed E-state index contributed by atoms with van der Waals surface area (Å²) in [4.78, 5) is 11.1. The number of anilines is 2. The zero-order chi connectivity index (χ0) is 14.0. The first-order valence-corrected chi connectivity index (χ1v) is 6.30. The number of benzene rings is 2. The molecule has 0 bridgehead atoms. The second kappa shape index (κ2) is 7.34. The number of para-hydroxylation sites is 1. The predicted molar refractivity (Wildman–Crippen MR) is 85.8 cm³/mol. The number of hydrogen-bond donors (Lipinski definition) is 2. The van der Waals surface area contributed by atoms with E-state index in [1.54, 1.807) is 30.3 Å². The Morgan fingerprint density at radius 3 is 2.50 bits per heavy atom. The summed E-state index contributed by atoms with van der Waals surface area (Å²) in [6, 6.07) is 10.1. The van der Waals surface area contributed by atoms with Crippen molar-refractivity contribution in [2.24, 2.45) is 0 Å². The molecule has 0 aliphatic rings. The number of halogens is 2. The summed E-state index contributed by atoms with van der Waals surface area (Å²) in [5, 5.41) is 13.0. The van der Waals surface area contributed by atoms with Crippen LogP contribution in [-0.4, -0.2) is 40.6 Å². The van der Waals surface area contributed by atoms with E-state index in [-0.39, 0.29) is 36.5 Å². The number of carboxylic acid groups (broad SMARTS) is 1. The number of nitrogens with one attached hydrogen (secondary N) is 1. The Morgan fingerprint density at radius 2 is 1.85 bits per heavy atom. The minimum atomic E-state index is -1.01. The van der Waals surface area contributed by atoms with Crippen molar-refractivity contribution in [3.63, 3.8) is 0 Å². The summed E-state index contributed by atoms with van der Waals surface area (Å²) in [5.74, 6) is -1.01. The Bertz CT molecular complexity index is 653. The fraction of sp³-hybridized carbons (Fsp3) is 0.0714. The molecular formula is C14H13Cl2NNaO2. The third-order valence-electron chi connectivity index (χ3n) is 2.70. The third kappa shape index (κ3) is 3.68. The van der Waals surface area contributed by atoms with E-state index in [0.29, 0.717) is 21.4 Å². The van der Waals surface area contributed by atoms with Crippen molar-refractivity contribution in [1.82, 2.24) is 0 Å². The van der Waals surface area contributed by atoms with E-state index in [1.165, 1.54) is 6.07 Å². The molecule has 0 fully saturated rings. The predicted octanol–water partition coefficient (Wildman–Crippen LogP) is 4.61. The maximum absolute atomic E-state index is 11.1. The second-order valence-corrected chi connectivity index (χ2v) is 4.81. The zero-order valence-corrected chi connectivity index (χ0v) is 14.6. The third-order valence-corrected chi connectivity index (χ3v) is 3.50. The van der Waals surface area contributed by atoms with Crippen LogP contribution in [0.15, 0.2) is 36.4 Å². The van der Waals surface area contributed by atoms with Gasteiger partial charge in [0.2, 0.25) is 0 Å². The minimum absolute atomic E-state index is 0. The first-order valence-electron chi connectivity index (χ1n) is 5.54. The van der Waals surface area contributed by atoms with Crippen LogP contribution in [0.1, 0.15) is 17.3 Å². The molecule has 0 amide bonds. The van der Waals surface area contributed by atoms with Gasteiger partial charge in [0.1, 0.15) is 0 Å². The van der Waals surface area contributed by atoms with Crippen LogP contribution in [0.25, 0.3) is 0 Å². The van der Waals surface area contributed by atoms with Crippen LogP contribution in [-0.2, 0) is 0 Å². The van der Waals surface area contributed by atoms with Gasteiger partial charge in [-0.15, -0.1) is 0 Å². The molecule has 1 radical (unpaired) electrons. The van der Waals surface area contributed by atoms with E-state index in [0.717, 1.165) is 5.56 Å². The van der Waals surface area contributed by atoms with Gasteiger partial charge in [-0.05, 0) is 30.7 Å². The van der Waals surface area contributed by atoms with Crippen LogP contribution in [0.2, 0.25) is 10.0 Å². The van der Waals surface area contributed by atoms with Gasteiger partial charge in [-0.3, -0.25) is 0 Å². The molecule has 20 heavy (non-hydrogen) atoms. The smallest absolute Gasteiger partial charge is 0.337 e. The van der Waals surface area contributed by atoms with Gasteiger partial charge in [0.05, 0.1) is 27.0 Å². The summed E-state index contributed by atoms with van der Waals surface area (Å²) in [5.41, 5.74) is 1.99. The van der Waals surface area contributed by atoms with Gasteiger partial charge in [-0.2, -0.15) is 0 Å². The maximum Gasteiger partial charge on any atom is 0.337 e.